The molecule has 23 heavy (non-hydrogen) atoms. The largest absolute Gasteiger partial charge is 0.350 e. The molecule has 1 amide bonds. The van der Waals surface area contributed by atoms with Crippen LogP contribution in [-0.4, -0.2) is 20.0 Å². The van der Waals surface area contributed by atoms with E-state index in [4.69, 9.17) is 0 Å². The Balaban J connectivity index is 1.70. The summed E-state index contributed by atoms with van der Waals surface area (Å²) in [5, 5.41) is 3.91. The van der Waals surface area contributed by atoms with Gasteiger partial charge in [0.25, 0.3) is 5.91 Å². The second-order valence-corrected chi connectivity index (χ2v) is 5.68. The van der Waals surface area contributed by atoms with Crippen LogP contribution in [0.3, 0.4) is 0 Å². The van der Waals surface area contributed by atoms with Gasteiger partial charge in [-0.3, -0.25) is 4.79 Å². The quantitative estimate of drug-likeness (QED) is 0.617. The summed E-state index contributed by atoms with van der Waals surface area (Å²) >= 11 is 0. The second-order valence-electron chi connectivity index (χ2n) is 5.68. The fourth-order valence-electron chi connectivity index (χ4n) is 2.93. The van der Waals surface area contributed by atoms with Gasteiger partial charge in [-0.2, -0.15) is 0 Å². The summed E-state index contributed by atoms with van der Waals surface area (Å²) in [6.45, 7) is 0. The van der Waals surface area contributed by atoms with Gasteiger partial charge in [0.2, 0.25) is 0 Å². The third-order valence-electron chi connectivity index (χ3n) is 4.12. The van der Waals surface area contributed by atoms with Crippen molar-refractivity contribution in [3.63, 3.8) is 0 Å². The maximum absolute atomic E-state index is 12.6. The van der Waals surface area contributed by atoms with Crippen LogP contribution in [0.1, 0.15) is 10.4 Å². The molecule has 114 valence electrons. The van der Waals surface area contributed by atoms with E-state index in [0.29, 0.717) is 5.56 Å². The number of nitrogens with one attached hydrogen (secondary N) is 1. The monoisotopic (exact) mass is 304 g/mol. The first-order chi connectivity index (χ1) is 11.1. The summed E-state index contributed by atoms with van der Waals surface area (Å²) in [4.78, 5) is 17.0. The van der Waals surface area contributed by atoms with Gasteiger partial charge < -0.3 is 14.5 Å². The molecular weight excluding hydrogens is 288 g/mol. The van der Waals surface area contributed by atoms with E-state index in [0.717, 1.165) is 27.6 Å². The van der Waals surface area contributed by atoms with Gasteiger partial charge in [0.15, 0.2) is 0 Å². The predicted molar refractivity (Wildman–Crippen MR) is 91.6 cm³/mol. The Morgan fingerprint density at radius 3 is 2.74 bits per heavy atom. The number of nitrogens with zero attached hydrogens (tertiary/aromatic N) is 3. The Kier molecular flexibility index (Phi) is 2.94. The highest BCUT2D eigenvalue weighted by Crippen LogP contribution is 2.22. The predicted octanol–water partition coefficient (Wildman–Crippen LogP) is 3.32. The Morgan fingerprint density at radius 2 is 1.87 bits per heavy atom. The normalized spacial score (nSPS) is 11.2. The molecule has 0 aliphatic carbocycles. The van der Waals surface area contributed by atoms with Crippen LogP contribution in [0.15, 0.2) is 55.0 Å². The number of carbonyl (C=O) groups excluding carboxylic acids is 1. The highest BCUT2D eigenvalue weighted by molar-refractivity contribution is 6.13. The molecule has 0 aliphatic rings. The summed E-state index contributed by atoms with van der Waals surface area (Å²) in [5.74, 6) is -0.114. The topological polar surface area (TPSA) is 51.9 Å². The molecule has 0 unspecified atom stereocenters. The number of aromatic nitrogens is 3. The van der Waals surface area contributed by atoms with Gasteiger partial charge in [0, 0.05) is 36.9 Å². The third kappa shape index (κ3) is 2.17. The van der Waals surface area contributed by atoms with Gasteiger partial charge >= 0.3 is 0 Å². The van der Waals surface area contributed by atoms with E-state index in [2.05, 4.69) is 10.3 Å². The standard InChI is InChI=1S/C18H16N4O/c1-21-10-14(13-5-3-4-6-16(13)21)18(23)20-12-7-8-17-15(9-12)19-11-22(17)2/h3-11H,1-2H3,(H,20,23). The molecule has 2 aromatic heterocycles. The van der Waals surface area contributed by atoms with Gasteiger partial charge in [-0.15, -0.1) is 0 Å². The van der Waals surface area contributed by atoms with Gasteiger partial charge in [0.05, 0.1) is 22.9 Å². The van der Waals surface area contributed by atoms with Crippen LogP contribution in [-0.2, 0) is 14.1 Å². The number of aryl methyl sites for hydroxylation is 2. The molecule has 0 fully saturated rings. The van der Waals surface area contributed by atoms with Crippen LogP contribution < -0.4 is 5.32 Å². The fraction of sp³-hybridized carbons (Fsp3) is 0.111. The highest BCUT2D eigenvalue weighted by atomic mass is 16.1. The zero-order valence-electron chi connectivity index (χ0n) is 12.9. The molecule has 0 saturated carbocycles. The maximum atomic E-state index is 12.6. The summed E-state index contributed by atoms with van der Waals surface area (Å²) in [5.41, 5.74) is 4.35. The van der Waals surface area contributed by atoms with Crippen molar-refractivity contribution < 1.29 is 4.79 Å². The number of para-hydroxylation sites is 1. The lowest BCUT2D eigenvalue weighted by molar-refractivity contribution is 0.102. The minimum absolute atomic E-state index is 0.114. The molecular formula is C18H16N4O. The van der Waals surface area contributed by atoms with E-state index in [1.54, 1.807) is 6.33 Å². The average molecular weight is 304 g/mol. The Morgan fingerprint density at radius 1 is 1.04 bits per heavy atom. The minimum atomic E-state index is -0.114. The molecule has 0 saturated heterocycles. The van der Waals surface area contributed by atoms with E-state index in [9.17, 15) is 4.79 Å². The van der Waals surface area contributed by atoms with Crippen LogP contribution in [0.4, 0.5) is 5.69 Å². The van der Waals surface area contributed by atoms with Crippen molar-refractivity contribution in [1.82, 2.24) is 14.1 Å². The number of imidazole rings is 1. The number of hydrogen-bond donors (Lipinski definition) is 1. The SMILES string of the molecule is Cn1cnc2cc(NC(=O)c3cn(C)c4ccccc34)ccc21. The summed E-state index contributed by atoms with van der Waals surface area (Å²) in [6, 6.07) is 13.6. The van der Waals surface area contributed by atoms with Crippen molar-refractivity contribution in [1.29, 1.82) is 0 Å². The smallest absolute Gasteiger partial charge is 0.257 e. The molecule has 4 rings (SSSR count). The Bertz CT molecular complexity index is 1040. The molecule has 1 N–H and O–H groups in total. The highest BCUT2D eigenvalue weighted by Gasteiger charge is 2.14. The average Bonchev–Trinajstić information content (AvgIpc) is 3.09. The van der Waals surface area contributed by atoms with Gasteiger partial charge in [0.1, 0.15) is 0 Å². The summed E-state index contributed by atoms with van der Waals surface area (Å²) in [7, 11) is 3.89. The van der Waals surface area contributed by atoms with Crippen molar-refractivity contribution in [3.8, 4) is 0 Å². The van der Waals surface area contributed by atoms with Crippen molar-refractivity contribution >= 4 is 33.5 Å². The van der Waals surface area contributed by atoms with E-state index < -0.39 is 0 Å². The number of benzene rings is 2. The zero-order valence-corrected chi connectivity index (χ0v) is 12.9. The van der Waals surface area contributed by atoms with Crippen LogP contribution >= 0.6 is 0 Å². The molecule has 5 nitrogen and oxygen atoms in total. The number of fused-ring (bicyclic) bond motifs is 2. The molecule has 0 radical (unpaired) electrons. The molecule has 0 bridgehead atoms. The van der Waals surface area contributed by atoms with E-state index in [1.165, 1.54) is 0 Å². The molecule has 0 atom stereocenters. The first-order valence-electron chi connectivity index (χ1n) is 7.40. The fourth-order valence-corrected chi connectivity index (χ4v) is 2.93. The molecule has 5 heteroatoms. The lowest BCUT2D eigenvalue weighted by Gasteiger charge is -2.05. The molecule has 0 spiro atoms. The van der Waals surface area contributed by atoms with Gasteiger partial charge in [-0.25, -0.2) is 4.98 Å². The Hall–Kier alpha value is -3.08. The minimum Gasteiger partial charge on any atom is -0.350 e. The van der Waals surface area contributed by atoms with Gasteiger partial charge in [-0.1, -0.05) is 18.2 Å². The van der Waals surface area contributed by atoms with Crippen molar-refractivity contribution in [3.05, 3.63) is 60.6 Å². The van der Waals surface area contributed by atoms with Crippen LogP contribution in [0.2, 0.25) is 0 Å². The first-order valence-corrected chi connectivity index (χ1v) is 7.40. The summed E-state index contributed by atoms with van der Waals surface area (Å²) < 4.78 is 3.91. The van der Waals surface area contributed by atoms with Crippen molar-refractivity contribution in [2.45, 2.75) is 0 Å². The van der Waals surface area contributed by atoms with E-state index in [-0.39, 0.29) is 5.91 Å². The number of carbonyl (C=O) groups is 1. The molecule has 2 heterocycles. The number of rotatable bonds is 2. The van der Waals surface area contributed by atoms with Crippen LogP contribution in [0.5, 0.6) is 0 Å². The first kappa shape index (κ1) is 13.6. The number of hydrogen-bond acceptors (Lipinski definition) is 2. The number of amides is 1. The van der Waals surface area contributed by atoms with Gasteiger partial charge in [-0.05, 0) is 24.3 Å². The van der Waals surface area contributed by atoms with Crippen LogP contribution in [0.25, 0.3) is 21.9 Å². The van der Waals surface area contributed by atoms with Crippen molar-refractivity contribution in [2.75, 3.05) is 5.32 Å². The lowest BCUT2D eigenvalue weighted by Crippen LogP contribution is -2.11. The lowest BCUT2D eigenvalue weighted by atomic mass is 10.1. The maximum Gasteiger partial charge on any atom is 0.257 e. The molecule has 0 aliphatic heterocycles. The molecule has 2 aromatic carbocycles. The third-order valence-corrected chi connectivity index (χ3v) is 4.12. The van der Waals surface area contributed by atoms with E-state index in [1.807, 2.05) is 71.9 Å². The summed E-state index contributed by atoms with van der Waals surface area (Å²) in [6.07, 6.45) is 3.63. The Labute approximate surface area is 133 Å². The van der Waals surface area contributed by atoms with Crippen LogP contribution in [0, 0.1) is 0 Å². The number of anilines is 1. The molecule has 4 aromatic rings. The van der Waals surface area contributed by atoms with E-state index >= 15 is 0 Å². The zero-order chi connectivity index (χ0) is 16.0. The van der Waals surface area contributed by atoms with Crippen molar-refractivity contribution in [2.24, 2.45) is 14.1 Å². The second kappa shape index (κ2) is 4.98.